The fourth-order valence-electron chi connectivity index (χ4n) is 3.00. The van der Waals surface area contributed by atoms with Crippen molar-refractivity contribution in [3.63, 3.8) is 0 Å². The van der Waals surface area contributed by atoms with Gasteiger partial charge in [0, 0.05) is 12.6 Å². The van der Waals surface area contributed by atoms with E-state index >= 15 is 0 Å². The van der Waals surface area contributed by atoms with Crippen molar-refractivity contribution >= 4 is 5.91 Å². The number of carbonyl (C=O) groups is 1. The number of carbonyl (C=O) groups excluding carboxylic acids is 1. The number of amides is 1. The van der Waals surface area contributed by atoms with Crippen LogP contribution in [0.15, 0.2) is 35.1 Å². The molecule has 5 nitrogen and oxygen atoms in total. The Balaban J connectivity index is 1.70. The quantitative estimate of drug-likeness (QED) is 0.906. The molecule has 3 rings (SSSR count). The highest BCUT2D eigenvalue weighted by atomic mass is 19.4. The van der Waals surface area contributed by atoms with Gasteiger partial charge in [-0.05, 0) is 49.4 Å². The van der Waals surface area contributed by atoms with Crippen LogP contribution in [0.5, 0.6) is 0 Å². The number of rotatable bonds is 4. The zero-order valence-electron chi connectivity index (χ0n) is 14.1. The highest BCUT2D eigenvalue weighted by molar-refractivity contribution is 5.79. The topological polar surface area (TPSA) is 64.0 Å². The second-order valence-corrected chi connectivity index (χ2v) is 6.34. The van der Waals surface area contributed by atoms with Crippen molar-refractivity contribution in [3.05, 3.63) is 63.1 Å². The number of fused-ring (bicyclic) bond motifs is 1. The molecule has 0 radical (unpaired) electrons. The molecule has 1 aliphatic carbocycles. The van der Waals surface area contributed by atoms with Gasteiger partial charge in [-0.15, -0.1) is 0 Å². The molecule has 0 bridgehead atoms. The molecule has 1 unspecified atom stereocenters. The normalized spacial score (nSPS) is 14.8. The molecule has 1 aliphatic rings. The molecule has 138 valence electrons. The van der Waals surface area contributed by atoms with E-state index in [1.165, 1.54) is 25.1 Å². The predicted octanol–water partition coefficient (Wildman–Crippen LogP) is 2.63. The van der Waals surface area contributed by atoms with Gasteiger partial charge in [0.25, 0.3) is 5.56 Å². The van der Waals surface area contributed by atoms with Crippen LogP contribution in [0.1, 0.15) is 41.8 Å². The Labute approximate surface area is 147 Å². The van der Waals surface area contributed by atoms with E-state index in [9.17, 15) is 22.8 Å². The fourth-order valence-corrected chi connectivity index (χ4v) is 3.00. The van der Waals surface area contributed by atoms with Gasteiger partial charge in [0.15, 0.2) is 0 Å². The van der Waals surface area contributed by atoms with Crippen LogP contribution in [0.4, 0.5) is 13.2 Å². The Morgan fingerprint density at radius 3 is 2.81 bits per heavy atom. The van der Waals surface area contributed by atoms with Crippen LogP contribution in [0.2, 0.25) is 0 Å². The monoisotopic (exact) mass is 365 g/mol. The summed E-state index contributed by atoms with van der Waals surface area (Å²) in [6, 6.07) is 5.41. The predicted molar refractivity (Wildman–Crippen MR) is 88.5 cm³/mol. The van der Waals surface area contributed by atoms with E-state index in [0.29, 0.717) is 5.56 Å². The lowest BCUT2D eigenvalue weighted by atomic mass is 10.1. The minimum atomic E-state index is -4.44. The minimum absolute atomic E-state index is 0.0627. The number of nitrogens with one attached hydrogen (secondary N) is 1. The first-order valence-electron chi connectivity index (χ1n) is 8.31. The molecule has 0 aliphatic heterocycles. The molecule has 1 N–H and O–H groups in total. The van der Waals surface area contributed by atoms with E-state index in [1.807, 2.05) is 0 Å². The van der Waals surface area contributed by atoms with Gasteiger partial charge >= 0.3 is 6.18 Å². The lowest BCUT2D eigenvalue weighted by Crippen LogP contribution is -2.37. The van der Waals surface area contributed by atoms with E-state index in [2.05, 4.69) is 10.4 Å². The number of alkyl halides is 3. The Morgan fingerprint density at radius 2 is 2.08 bits per heavy atom. The fraction of sp³-hybridized carbons (Fsp3) is 0.389. The van der Waals surface area contributed by atoms with Crippen molar-refractivity contribution in [1.29, 1.82) is 0 Å². The van der Waals surface area contributed by atoms with E-state index in [0.717, 1.165) is 47.3 Å². The summed E-state index contributed by atoms with van der Waals surface area (Å²) in [6.45, 7) is 1.48. The van der Waals surface area contributed by atoms with Gasteiger partial charge in [-0.2, -0.15) is 18.3 Å². The standard InChI is InChI=1S/C18H18F3N3O2/c1-11(24-16(25)9-13-5-3-7-15(13)23-24)17(26)22-10-12-4-2-6-14(8-12)18(19,20)21/h2,4,6,8-9,11H,3,5,7,10H2,1H3,(H,22,26). The second-order valence-electron chi connectivity index (χ2n) is 6.34. The number of aromatic nitrogens is 2. The zero-order chi connectivity index (χ0) is 18.9. The molecule has 0 saturated heterocycles. The number of benzene rings is 1. The van der Waals surface area contributed by atoms with Crippen molar-refractivity contribution in [2.24, 2.45) is 0 Å². The Hall–Kier alpha value is -2.64. The van der Waals surface area contributed by atoms with Crippen LogP contribution in [0, 0.1) is 0 Å². The first-order chi connectivity index (χ1) is 12.3. The third-order valence-corrected chi connectivity index (χ3v) is 4.45. The third-order valence-electron chi connectivity index (χ3n) is 4.45. The smallest absolute Gasteiger partial charge is 0.350 e. The van der Waals surface area contributed by atoms with Crippen LogP contribution in [0.25, 0.3) is 0 Å². The molecule has 0 saturated carbocycles. The molecule has 1 aromatic carbocycles. The summed E-state index contributed by atoms with van der Waals surface area (Å²) in [6.07, 6.45) is -1.92. The van der Waals surface area contributed by atoms with Gasteiger partial charge in [-0.1, -0.05) is 12.1 Å². The van der Waals surface area contributed by atoms with E-state index < -0.39 is 23.7 Å². The number of hydrogen-bond donors (Lipinski definition) is 1. The van der Waals surface area contributed by atoms with Crippen LogP contribution in [-0.2, 0) is 30.4 Å². The lowest BCUT2D eigenvalue weighted by molar-refractivity contribution is -0.137. The highest BCUT2D eigenvalue weighted by Crippen LogP contribution is 2.29. The Bertz CT molecular complexity index is 890. The lowest BCUT2D eigenvalue weighted by Gasteiger charge is -2.15. The average molecular weight is 365 g/mol. The van der Waals surface area contributed by atoms with E-state index in [4.69, 9.17) is 0 Å². The summed E-state index contributed by atoms with van der Waals surface area (Å²) in [7, 11) is 0. The molecule has 1 amide bonds. The van der Waals surface area contributed by atoms with Crippen molar-refractivity contribution in [1.82, 2.24) is 15.1 Å². The van der Waals surface area contributed by atoms with Crippen LogP contribution >= 0.6 is 0 Å². The van der Waals surface area contributed by atoms with E-state index in [1.54, 1.807) is 0 Å². The average Bonchev–Trinajstić information content (AvgIpc) is 3.05. The SMILES string of the molecule is CC(C(=O)NCc1cccc(C(F)(F)F)c1)n1nc2c(cc1=O)CCC2. The number of halogens is 3. The molecular weight excluding hydrogens is 347 g/mol. The van der Waals surface area contributed by atoms with Crippen LogP contribution in [-0.4, -0.2) is 15.7 Å². The Morgan fingerprint density at radius 1 is 1.31 bits per heavy atom. The van der Waals surface area contributed by atoms with Crippen molar-refractivity contribution < 1.29 is 18.0 Å². The number of nitrogens with zero attached hydrogens (tertiary/aromatic N) is 2. The van der Waals surface area contributed by atoms with Crippen molar-refractivity contribution in [3.8, 4) is 0 Å². The zero-order valence-corrected chi connectivity index (χ0v) is 14.1. The van der Waals surface area contributed by atoms with Crippen LogP contribution in [0.3, 0.4) is 0 Å². The molecule has 1 atom stereocenters. The summed E-state index contributed by atoms with van der Waals surface area (Å²) >= 11 is 0. The van der Waals surface area contributed by atoms with Crippen molar-refractivity contribution in [2.75, 3.05) is 0 Å². The summed E-state index contributed by atoms with van der Waals surface area (Å²) in [4.78, 5) is 24.5. The number of aryl methyl sites for hydroxylation is 2. The van der Waals surface area contributed by atoms with Gasteiger partial charge in [0.1, 0.15) is 6.04 Å². The first kappa shape index (κ1) is 18.2. The number of hydrogen-bond acceptors (Lipinski definition) is 3. The molecule has 0 spiro atoms. The maximum atomic E-state index is 12.7. The molecular formula is C18H18F3N3O2. The molecule has 1 aromatic heterocycles. The molecule has 0 fully saturated rings. The summed E-state index contributed by atoms with van der Waals surface area (Å²) in [5.74, 6) is -0.477. The molecule has 2 aromatic rings. The molecule has 1 heterocycles. The largest absolute Gasteiger partial charge is 0.416 e. The van der Waals surface area contributed by atoms with Gasteiger partial charge in [-0.25, -0.2) is 4.68 Å². The van der Waals surface area contributed by atoms with Gasteiger partial charge in [0.2, 0.25) is 5.91 Å². The maximum Gasteiger partial charge on any atom is 0.416 e. The minimum Gasteiger partial charge on any atom is -0.350 e. The summed E-state index contributed by atoms with van der Waals surface area (Å²) < 4.78 is 39.3. The van der Waals surface area contributed by atoms with Gasteiger partial charge < -0.3 is 5.32 Å². The summed E-state index contributed by atoms with van der Waals surface area (Å²) in [5, 5.41) is 6.83. The third kappa shape index (κ3) is 3.79. The first-order valence-corrected chi connectivity index (χ1v) is 8.31. The van der Waals surface area contributed by atoms with Gasteiger partial charge in [-0.3, -0.25) is 9.59 Å². The van der Waals surface area contributed by atoms with Crippen molar-refractivity contribution in [2.45, 2.75) is 44.9 Å². The van der Waals surface area contributed by atoms with Crippen LogP contribution < -0.4 is 10.9 Å². The molecule has 26 heavy (non-hydrogen) atoms. The summed E-state index contributed by atoms with van der Waals surface area (Å²) in [5.41, 5.74) is 0.945. The molecule has 8 heteroatoms. The highest BCUT2D eigenvalue weighted by Gasteiger charge is 2.30. The second kappa shape index (κ2) is 6.93. The van der Waals surface area contributed by atoms with Gasteiger partial charge in [0.05, 0.1) is 11.3 Å². The van der Waals surface area contributed by atoms with E-state index in [-0.39, 0.29) is 12.1 Å². The Kier molecular flexibility index (Phi) is 4.84. The maximum absolute atomic E-state index is 12.7.